The second-order valence-corrected chi connectivity index (χ2v) is 5.41. The Morgan fingerprint density at radius 1 is 1.25 bits per heavy atom. The van der Waals surface area contributed by atoms with Gasteiger partial charge in [0.15, 0.2) is 0 Å². The first-order valence-electron chi connectivity index (χ1n) is 6.92. The summed E-state index contributed by atoms with van der Waals surface area (Å²) in [5, 5.41) is 8.76. The van der Waals surface area contributed by atoms with Gasteiger partial charge in [-0.1, -0.05) is 0 Å². The van der Waals surface area contributed by atoms with Crippen molar-refractivity contribution in [3.05, 3.63) is 29.6 Å². The first-order chi connectivity index (χ1) is 9.60. The lowest BCUT2D eigenvalue weighted by Gasteiger charge is -2.36. The molecule has 2 rings (SSSR count). The highest BCUT2D eigenvalue weighted by molar-refractivity contribution is 5.51. The van der Waals surface area contributed by atoms with E-state index in [0.29, 0.717) is 11.3 Å². The molecule has 4 nitrogen and oxygen atoms in total. The van der Waals surface area contributed by atoms with Crippen LogP contribution in [0.15, 0.2) is 18.2 Å². The van der Waals surface area contributed by atoms with E-state index >= 15 is 0 Å². The fourth-order valence-corrected chi connectivity index (χ4v) is 2.39. The fraction of sp³-hybridized carbons (Fsp3) is 0.533. The highest BCUT2D eigenvalue weighted by Crippen LogP contribution is 2.21. The topological polar surface area (TPSA) is 33.5 Å². The zero-order valence-electron chi connectivity index (χ0n) is 12.1. The minimum atomic E-state index is -0.300. The number of anilines is 1. The summed E-state index contributed by atoms with van der Waals surface area (Å²) in [7, 11) is 4.14. The Kier molecular flexibility index (Phi) is 4.94. The van der Waals surface area contributed by atoms with Crippen LogP contribution in [0.1, 0.15) is 5.56 Å². The lowest BCUT2D eigenvalue weighted by molar-refractivity contribution is 0.229. The van der Waals surface area contributed by atoms with E-state index in [1.165, 1.54) is 6.07 Å². The monoisotopic (exact) mass is 276 g/mol. The number of hydrogen-bond acceptors (Lipinski definition) is 4. The summed E-state index contributed by atoms with van der Waals surface area (Å²) in [5.74, 6) is -0.300. The zero-order valence-corrected chi connectivity index (χ0v) is 12.1. The lowest BCUT2D eigenvalue weighted by Crippen LogP contribution is -2.48. The fourth-order valence-electron chi connectivity index (χ4n) is 2.39. The van der Waals surface area contributed by atoms with Gasteiger partial charge in [-0.2, -0.15) is 5.26 Å². The molecule has 0 spiro atoms. The highest BCUT2D eigenvalue weighted by Gasteiger charge is 2.19. The Bertz CT molecular complexity index is 487. The van der Waals surface area contributed by atoms with E-state index in [4.69, 9.17) is 5.26 Å². The van der Waals surface area contributed by atoms with Gasteiger partial charge >= 0.3 is 0 Å². The van der Waals surface area contributed by atoms with Crippen LogP contribution in [0.2, 0.25) is 0 Å². The number of rotatable bonds is 4. The van der Waals surface area contributed by atoms with Gasteiger partial charge in [-0.15, -0.1) is 0 Å². The van der Waals surface area contributed by atoms with Gasteiger partial charge in [0, 0.05) is 39.3 Å². The van der Waals surface area contributed by atoms with Crippen molar-refractivity contribution in [2.75, 3.05) is 58.3 Å². The summed E-state index contributed by atoms with van der Waals surface area (Å²) in [6.07, 6.45) is 0. The maximum absolute atomic E-state index is 14.0. The van der Waals surface area contributed by atoms with Gasteiger partial charge in [-0.05, 0) is 32.3 Å². The number of nitrogens with zero attached hydrogens (tertiary/aromatic N) is 4. The second kappa shape index (κ2) is 6.69. The zero-order chi connectivity index (χ0) is 14.5. The van der Waals surface area contributed by atoms with Crippen molar-refractivity contribution in [2.24, 2.45) is 0 Å². The molecule has 0 saturated carbocycles. The number of likely N-dealkylation sites (N-methyl/N-ethyl adjacent to an activating group) is 1. The largest absolute Gasteiger partial charge is 0.367 e. The van der Waals surface area contributed by atoms with E-state index in [-0.39, 0.29) is 5.82 Å². The second-order valence-electron chi connectivity index (χ2n) is 5.41. The van der Waals surface area contributed by atoms with Gasteiger partial charge in [-0.25, -0.2) is 4.39 Å². The van der Waals surface area contributed by atoms with Gasteiger partial charge in [0.2, 0.25) is 0 Å². The van der Waals surface area contributed by atoms with E-state index in [1.807, 2.05) is 6.07 Å². The van der Waals surface area contributed by atoms with Crippen molar-refractivity contribution in [3.63, 3.8) is 0 Å². The van der Waals surface area contributed by atoms with Crippen LogP contribution in [-0.2, 0) is 0 Å². The van der Waals surface area contributed by atoms with Gasteiger partial charge in [0.05, 0.1) is 17.3 Å². The van der Waals surface area contributed by atoms with Crippen LogP contribution >= 0.6 is 0 Å². The smallest absolute Gasteiger partial charge is 0.147 e. The van der Waals surface area contributed by atoms with Gasteiger partial charge in [0.25, 0.3) is 0 Å². The Morgan fingerprint density at radius 2 is 1.95 bits per heavy atom. The Hall–Kier alpha value is -1.64. The SMILES string of the molecule is CN(C)CCN1CCN(c2ccc(C#N)cc2F)CC1. The van der Waals surface area contributed by atoms with Crippen LogP contribution in [0.4, 0.5) is 10.1 Å². The predicted octanol–water partition coefficient (Wildman–Crippen LogP) is 1.38. The molecular weight excluding hydrogens is 255 g/mol. The molecule has 1 heterocycles. The van der Waals surface area contributed by atoms with Crippen molar-refractivity contribution < 1.29 is 4.39 Å². The maximum Gasteiger partial charge on any atom is 0.147 e. The van der Waals surface area contributed by atoms with Crippen LogP contribution in [0.3, 0.4) is 0 Å². The summed E-state index contributed by atoms with van der Waals surface area (Å²) >= 11 is 0. The van der Waals surface area contributed by atoms with Crippen LogP contribution in [-0.4, -0.2) is 63.2 Å². The van der Waals surface area contributed by atoms with E-state index in [9.17, 15) is 4.39 Å². The third kappa shape index (κ3) is 3.69. The standard InChI is InChI=1S/C15H21FN4/c1-18(2)5-6-19-7-9-20(10-8-19)15-4-3-13(12-17)11-14(15)16/h3-4,11H,5-10H2,1-2H3. The number of benzene rings is 1. The van der Waals surface area contributed by atoms with E-state index in [2.05, 4.69) is 28.8 Å². The van der Waals surface area contributed by atoms with Crippen molar-refractivity contribution in [1.82, 2.24) is 9.80 Å². The summed E-state index contributed by atoms with van der Waals surface area (Å²) in [5.41, 5.74) is 0.979. The minimum absolute atomic E-state index is 0.300. The molecule has 20 heavy (non-hydrogen) atoms. The Morgan fingerprint density at radius 3 is 2.50 bits per heavy atom. The number of nitriles is 1. The van der Waals surface area contributed by atoms with Gasteiger partial charge in [0.1, 0.15) is 5.82 Å². The lowest BCUT2D eigenvalue weighted by atomic mass is 10.2. The van der Waals surface area contributed by atoms with E-state index < -0.39 is 0 Å². The van der Waals surface area contributed by atoms with Crippen molar-refractivity contribution >= 4 is 5.69 Å². The summed E-state index contributed by atoms with van der Waals surface area (Å²) < 4.78 is 14.0. The molecule has 1 fully saturated rings. The molecule has 0 N–H and O–H groups in total. The molecule has 1 aromatic rings. The molecule has 1 aliphatic rings. The minimum Gasteiger partial charge on any atom is -0.367 e. The molecule has 0 amide bonds. The molecular formula is C15H21FN4. The summed E-state index contributed by atoms with van der Waals surface area (Å²) in [6.45, 7) is 5.66. The molecule has 5 heteroatoms. The Labute approximate surface area is 120 Å². The third-order valence-electron chi connectivity index (χ3n) is 3.65. The summed E-state index contributed by atoms with van der Waals surface area (Å²) in [4.78, 5) is 6.63. The number of halogens is 1. The average molecular weight is 276 g/mol. The average Bonchev–Trinajstić information content (AvgIpc) is 2.45. The van der Waals surface area contributed by atoms with E-state index in [0.717, 1.165) is 39.3 Å². The van der Waals surface area contributed by atoms with Crippen LogP contribution in [0.25, 0.3) is 0 Å². The first kappa shape index (κ1) is 14.8. The molecule has 0 unspecified atom stereocenters. The molecule has 1 aromatic carbocycles. The van der Waals surface area contributed by atoms with Gasteiger partial charge < -0.3 is 9.80 Å². The molecule has 0 bridgehead atoms. The highest BCUT2D eigenvalue weighted by atomic mass is 19.1. The third-order valence-corrected chi connectivity index (χ3v) is 3.65. The summed E-state index contributed by atoms with van der Waals surface area (Å²) in [6, 6.07) is 6.66. The molecule has 1 aliphatic heterocycles. The molecule has 1 saturated heterocycles. The first-order valence-corrected chi connectivity index (χ1v) is 6.92. The molecule has 108 valence electrons. The quantitative estimate of drug-likeness (QED) is 0.832. The molecule has 0 aromatic heterocycles. The number of hydrogen-bond donors (Lipinski definition) is 0. The van der Waals surface area contributed by atoms with Crippen LogP contribution in [0, 0.1) is 17.1 Å². The van der Waals surface area contributed by atoms with E-state index in [1.54, 1.807) is 12.1 Å². The molecule has 0 aliphatic carbocycles. The van der Waals surface area contributed by atoms with Crippen molar-refractivity contribution in [1.29, 1.82) is 5.26 Å². The maximum atomic E-state index is 14.0. The normalized spacial score (nSPS) is 16.4. The molecule has 0 radical (unpaired) electrons. The Balaban J connectivity index is 1.92. The van der Waals surface area contributed by atoms with Crippen LogP contribution < -0.4 is 4.90 Å². The van der Waals surface area contributed by atoms with Crippen molar-refractivity contribution in [3.8, 4) is 6.07 Å². The predicted molar refractivity (Wildman–Crippen MR) is 78.3 cm³/mol. The van der Waals surface area contributed by atoms with Crippen molar-refractivity contribution in [2.45, 2.75) is 0 Å². The number of piperazine rings is 1. The molecule has 0 atom stereocenters. The van der Waals surface area contributed by atoms with Crippen LogP contribution in [0.5, 0.6) is 0 Å². The van der Waals surface area contributed by atoms with Gasteiger partial charge in [-0.3, -0.25) is 4.90 Å².